The van der Waals surface area contributed by atoms with Crippen molar-refractivity contribution in [3.05, 3.63) is 64.9 Å². The average Bonchev–Trinajstić information content (AvgIpc) is 2.99. The van der Waals surface area contributed by atoms with E-state index in [-0.39, 0.29) is 5.76 Å². The molecular formula is C20H20N2O4. The molecule has 6 heteroatoms. The highest BCUT2D eigenvalue weighted by molar-refractivity contribution is 6.01. The Morgan fingerprint density at radius 3 is 2.35 bits per heavy atom. The van der Waals surface area contributed by atoms with Crippen molar-refractivity contribution in [2.75, 3.05) is 6.61 Å². The van der Waals surface area contributed by atoms with Gasteiger partial charge in [0.1, 0.15) is 11.3 Å². The maximum Gasteiger partial charge on any atom is 0.305 e. The molecule has 3 aromatic rings. The number of amides is 2. The van der Waals surface area contributed by atoms with Crippen molar-refractivity contribution in [3.8, 4) is 5.75 Å². The zero-order valence-electron chi connectivity index (χ0n) is 14.9. The molecule has 2 amide bonds. The second kappa shape index (κ2) is 7.31. The van der Waals surface area contributed by atoms with Crippen LogP contribution in [0.15, 0.2) is 46.9 Å². The molecule has 0 atom stereocenters. The summed E-state index contributed by atoms with van der Waals surface area (Å²) >= 11 is 0. The van der Waals surface area contributed by atoms with Crippen LogP contribution >= 0.6 is 0 Å². The molecule has 0 saturated heterocycles. The standard InChI is InChI=1S/C20H20N2O4/c1-4-25-15-10-8-14(9-11-15)19(23)21-22-20(24)18-13(3)16-7-5-6-12(2)17(16)26-18/h5-11H,4H2,1-3H3,(H,21,23)(H,22,24). The van der Waals surface area contributed by atoms with Gasteiger partial charge in [0, 0.05) is 16.5 Å². The number of hydrogen-bond donors (Lipinski definition) is 2. The first-order valence-corrected chi connectivity index (χ1v) is 8.33. The van der Waals surface area contributed by atoms with Gasteiger partial charge < -0.3 is 9.15 Å². The second-order valence-corrected chi connectivity index (χ2v) is 5.87. The highest BCUT2D eigenvalue weighted by Gasteiger charge is 2.19. The summed E-state index contributed by atoms with van der Waals surface area (Å²) in [4.78, 5) is 24.5. The molecule has 0 aliphatic carbocycles. The molecule has 0 spiro atoms. The lowest BCUT2D eigenvalue weighted by Crippen LogP contribution is -2.41. The van der Waals surface area contributed by atoms with Crippen molar-refractivity contribution in [2.45, 2.75) is 20.8 Å². The van der Waals surface area contributed by atoms with E-state index in [0.717, 1.165) is 16.5 Å². The van der Waals surface area contributed by atoms with E-state index >= 15 is 0 Å². The molecule has 26 heavy (non-hydrogen) atoms. The first-order valence-electron chi connectivity index (χ1n) is 8.33. The number of para-hydroxylation sites is 1. The summed E-state index contributed by atoms with van der Waals surface area (Å²) in [5, 5.41) is 0.882. The van der Waals surface area contributed by atoms with Crippen LogP contribution in [0.25, 0.3) is 11.0 Å². The van der Waals surface area contributed by atoms with Crippen molar-refractivity contribution in [3.63, 3.8) is 0 Å². The molecule has 0 fully saturated rings. The molecule has 0 radical (unpaired) electrons. The van der Waals surface area contributed by atoms with E-state index in [0.29, 0.717) is 23.5 Å². The van der Waals surface area contributed by atoms with Crippen molar-refractivity contribution >= 4 is 22.8 Å². The van der Waals surface area contributed by atoms with Gasteiger partial charge in [0.05, 0.1) is 6.61 Å². The van der Waals surface area contributed by atoms with Crippen LogP contribution in [0.1, 0.15) is 39.0 Å². The van der Waals surface area contributed by atoms with Crippen LogP contribution in [0.4, 0.5) is 0 Å². The predicted octanol–water partition coefficient (Wildman–Crippen LogP) is 3.52. The molecule has 0 unspecified atom stereocenters. The minimum absolute atomic E-state index is 0.182. The lowest BCUT2D eigenvalue weighted by molar-refractivity contribution is 0.0831. The van der Waals surface area contributed by atoms with Gasteiger partial charge in [-0.3, -0.25) is 20.4 Å². The number of furan rings is 1. The van der Waals surface area contributed by atoms with E-state index in [1.165, 1.54) is 0 Å². The number of carbonyl (C=O) groups is 2. The summed E-state index contributed by atoms with van der Waals surface area (Å²) in [5.74, 6) is -0.0635. The van der Waals surface area contributed by atoms with Crippen LogP contribution in [0.2, 0.25) is 0 Å². The van der Waals surface area contributed by atoms with Crippen LogP contribution in [-0.2, 0) is 0 Å². The van der Waals surface area contributed by atoms with Gasteiger partial charge in [-0.2, -0.15) is 0 Å². The van der Waals surface area contributed by atoms with E-state index in [2.05, 4.69) is 10.9 Å². The van der Waals surface area contributed by atoms with Gasteiger partial charge in [-0.15, -0.1) is 0 Å². The van der Waals surface area contributed by atoms with Gasteiger partial charge in [0.2, 0.25) is 0 Å². The number of benzene rings is 2. The SMILES string of the molecule is CCOc1ccc(C(=O)NNC(=O)c2oc3c(C)cccc3c2C)cc1. The molecular weight excluding hydrogens is 332 g/mol. The van der Waals surface area contributed by atoms with E-state index in [4.69, 9.17) is 9.15 Å². The average molecular weight is 352 g/mol. The van der Waals surface area contributed by atoms with Crippen molar-refractivity contribution in [2.24, 2.45) is 0 Å². The largest absolute Gasteiger partial charge is 0.494 e. The van der Waals surface area contributed by atoms with Crippen molar-refractivity contribution < 1.29 is 18.7 Å². The number of hydrogen-bond acceptors (Lipinski definition) is 4. The third kappa shape index (κ3) is 3.39. The summed E-state index contributed by atoms with van der Waals surface area (Å²) < 4.78 is 11.0. The number of aryl methyl sites for hydroxylation is 2. The summed E-state index contributed by atoms with van der Waals surface area (Å²) in [5.41, 5.74) is 7.55. The van der Waals surface area contributed by atoms with Gasteiger partial charge in [-0.1, -0.05) is 18.2 Å². The van der Waals surface area contributed by atoms with E-state index in [1.54, 1.807) is 24.3 Å². The normalized spacial score (nSPS) is 10.6. The van der Waals surface area contributed by atoms with Crippen LogP contribution in [0.3, 0.4) is 0 Å². The molecule has 1 aromatic heterocycles. The number of ether oxygens (including phenoxy) is 1. The Bertz CT molecular complexity index is 958. The molecule has 2 N–H and O–H groups in total. The molecule has 0 bridgehead atoms. The summed E-state index contributed by atoms with van der Waals surface area (Å²) in [6.45, 7) is 6.17. The topological polar surface area (TPSA) is 80.6 Å². The van der Waals surface area contributed by atoms with Gasteiger partial charge in [0.15, 0.2) is 5.76 Å². The molecule has 1 heterocycles. The Kier molecular flexibility index (Phi) is 4.93. The van der Waals surface area contributed by atoms with Gasteiger partial charge in [-0.25, -0.2) is 0 Å². The van der Waals surface area contributed by atoms with Crippen LogP contribution in [-0.4, -0.2) is 18.4 Å². The number of nitrogens with one attached hydrogen (secondary N) is 2. The van der Waals surface area contributed by atoms with Gasteiger partial charge >= 0.3 is 5.91 Å². The predicted molar refractivity (Wildman–Crippen MR) is 98.2 cm³/mol. The van der Waals surface area contributed by atoms with Crippen LogP contribution < -0.4 is 15.6 Å². The van der Waals surface area contributed by atoms with Crippen LogP contribution in [0.5, 0.6) is 5.75 Å². The third-order valence-corrected chi connectivity index (χ3v) is 4.08. The Hall–Kier alpha value is -3.28. The number of hydrazine groups is 1. The Balaban J connectivity index is 1.69. The molecule has 134 valence electrons. The van der Waals surface area contributed by atoms with Gasteiger partial charge in [0.25, 0.3) is 5.91 Å². The molecule has 0 aliphatic heterocycles. The molecule has 2 aromatic carbocycles. The zero-order valence-corrected chi connectivity index (χ0v) is 14.9. The monoisotopic (exact) mass is 352 g/mol. The fourth-order valence-corrected chi connectivity index (χ4v) is 2.71. The highest BCUT2D eigenvalue weighted by Crippen LogP contribution is 2.27. The maximum absolute atomic E-state index is 12.4. The molecule has 0 aliphatic rings. The quantitative estimate of drug-likeness (QED) is 0.704. The fourth-order valence-electron chi connectivity index (χ4n) is 2.71. The number of rotatable bonds is 4. The smallest absolute Gasteiger partial charge is 0.305 e. The van der Waals surface area contributed by atoms with Crippen molar-refractivity contribution in [1.82, 2.24) is 10.9 Å². The first-order chi connectivity index (χ1) is 12.5. The first kappa shape index (κ1) is 17.5. The Labute approximate surface area is 151 Å². The van der Waals surface area contributed by atoms with Crippen LogP contribution in [0, 0.1) is 13.8 Å². The fraction of sp³-hybridized carbons (Fsp3) is 0.200. The third-order valence-electron chi connectivity index (χ3n) is 4.08. The second-order valence-electron chi connectivity index (χ2n) is 5.87. The lowest BCUT2D eigenvalue weighted by atomic mass is 10.1. The Morgan fingerprint density at radius 1 is 1.00 bits per heavy atom. The molecule has 0 saturated carbocycles. The number of fused-ring (bicyclic) bond motifs is 1. The lowest BCUT2D eigenvalue weighted by Gasteiger charge is -2.07. The van der Waals surface area contributed by atoms with E-state index in [9.17, 15) is 9.59 Å². The zero-order chi connectivity index (χ0) is 18.7. The minimum atomic E-state index is -0.502. The Morgan fingerprint density at radius 2 is 1.69 bits per heavy atom. The molecule has 6 nitrogen and oxygen atoms in total. The van der Waals surface area contributed by atoms with Crippen molar-refractivity contribution in [1.29, 1.82) is 0 Å². The summed E-state index contributed by atoms with van der Waals surface area (Å²) in [7, 11) is 0. The summed E-state index contributed by atoms with van der Waals surface area (Å²) in [6.07, 6.45) is 0. The van der Waals surface area contributed by atoms with Gasteiger partial charge in [-0.05, 0) is 50.6 Å². The minimum Gasteiger partial charge on any atom is -0.494 e. The molecule has 3 rings (SSSR count). The number of carbonyl (C=O) groups excluding carboxylic acids is 2. The maximum atomic E-state index is 12.4. The highest BCUT2D eigenvalue weighted by atomic mass is 16.5. The van der Waals surface area contributed by atoms with E-state index in [1.807, 2.05) is 39.0 Å². The summed E-state index contributed by atoms with van der Waals surface area (Å²) in [6, 6.07) is 12.4. The van der Waals surface area contributed by atoms with E-state index < -0.39 is 11.8 Å².